The molecule has 20 heavy (non-hydrogen) atoms. The number of alkyl halides is 1. The van der Waals surface area contributed by atoms with Crippen LogP contribution in [-0.2, 0) is 10.3 Å². The Bertz CT molecular complexity index is 627. The summed E-state index contributed by atoms with van der Waals surface area (Å²) in [7, 11) is 0. The number of aliphatic imine (C=N–C) groups is 1. The van der Waals surface area contributed by atoms with Crippen LogP contribution in [0.25, 0.3) is 0 Å². The van der Waals surface area contributed by atoms with Crippen molar-refractivity contribution in [1.82, 2.24) is 0 Å². The van der Waals surface area contributed by atoms with E-state index in [0.717, 1.165) is 15.6 Å². The third-order valence-electron chi connectivity index (χ3n) is 3.38. The van der Waals surface area contributed by atoms with E-state index in [-0.39, 0.29) is 0 Å². The van der Waals surface area contributed by atoms with Crippen molar-refractivity contribution < 1.29 is 4.74 Å². The summed E-state index contributed by atoms with van der Waals surface area (Å²) >= 11 is 9.60. The standard InChI is InChI=1S/C16H13BrClNO/c17-14-8-6-12(7-9-14)15-19-11-16(10-18,20-15)13-4-2-1-3-5-13/h1-9H,10-11H2/t16-/m0/s1. The summed E-state index contributed by atoms with van der Waals surface area (Å²) in [5.41, 5.74) is 1.48. The highest BCUT2D eigenvalue weighted by molar-refractivity contribution is 9.10. The van der Waals surface area contributed by atoms with Crippen molar-refractivity contribution in [1.29, 1.82) is 0 Å². The summed E-state index contributed by atoms with van der Waals surface area (Å²) in [6, 6.07) is 17.9. The van der Waals surface area contributed by atoms with Crippen LogP contribution < -0.4 is 0 Å². The molecule has 102 valence electrons. The molecule has 2 aromatic rings. The molecule has 1 aliphatic rings. The number of hydrogen-bond donors (Lipinski definition) is 0. The maximum Gasteiger partial charge on any atom is 0.217 e. The largest absolute Gasteiger partial charge is 0.463 e. The van der Waals surface area contributed by atoms with Crippen molar-refractivity contribution >= 4 is 33.4 Å². The van der Waals surface area contributed by atoms with Gasteiger partial charge in [-0.25, -0.2) is 4.99 Å². The highest BCUT2D eigenvalue weighted by Gasteiger charge is 2.39. The third-order valence-corrected chi connectivity index (χ3v) is 4.34. The molecule has 3 rings (SSSR count). The predicted molar refractivity (Wildman–Crippen MR) is 85.5 cm³/mol. The smallest absolute Gasteiger partial charge is 0.217 e. The Morgan fingerprint density at radius 3 is 2.45 bits per heavy atom. The zero-order valence-electron chi connectivity index (χ0n) is 10.7. The van der Waals surface area contributed by atoms with E-state index in [2.05, 4.69) is 20.9 Å². The van der Waals surface area contributed by atoms with E-state index in [4.69, 9.17) is 16.3 Å². The summed E-state index contributed by atoms with van der Waals surface area (Å²) in [4.78, 5) is 4.53. The average molecular weight is 351 g/mol. The molecule has 0 saturated carbocycles. The molecule has 2 nitrogen and oxygen atoms in total. The first kappa shape index (κ1) is 13.7. The van der Waals surface area contributed by atoms with Gasteiger partial charge < -0.3 is 4.74 Å². The van der Waals surface area contributed by atoms with Gasteiger partial charge in [0, 0.05) is 10.0 Å². The van der Waals surface area contributed by atoms with Gasteiger partial charge in [-0.3, -0.25) is 0 Å². The molecule has 4 heteroatoms. The van der Waals surface area contributed by atoms with Gasteiger partial charge in [0.05, 0.1) is 12.4 Å². The summed E-state index contributed by atoms with van der Waals surface area (Å²) in [5.74, 6) is 1.03. The topological polar surface area (TPSA) is 21.6 Å². The van der Waals surface area contributed by atoms with Crippen molar-refractivity contribution in [2.75, 3.05) is 12.4 Å². The molecule has 0 amide bonds. The van der Waals surface area contributed by atoms with Crippen molar-refractivity contribution in [2.45, 2.75) is 5.60 Å². The molecule has 0 aromatic heterocycles. The Labute approximate surface area is 131 Å². The van der Waals surface area contributed by atoms with Crippen LogP contribution >= 0.6 is 27.5 Å². The fourth-order valence-electron chi connectivity index (χ4n) is 2.23. The van der Waals surface area contributed by atoms with Crippen LogP contribution in [0.5, 0.6) is 0 Å². The van der Waals surface area contributed by atoms with Crippen LogP contribution in [-0.4, -0.2) is 18.3 Å². The highest BCUT2D eigenvalue weighted by Crippen LogP contribution is 2.33. The van der Waals surface area contributed by atoms with E-state index in [1.54, 1.807) is 0 Å². The van der Waals surface area contributed by atoms with E-state index in [1.165, 1.54) is 0 Å². The van der Waals surface area contributed by atoms with Gasteiger partial charge >= 0.3 is 0 Å². The summed E-state index contributed by atoms with van der Waals surface area (Å²) in [5, 5.41) is 0. The summed E-state index contributed by atoms with van der Waals surface area (Å²) < 4.78 is 7.15. The quantitative estimate of drug-likeness (QED) is 0.754. The maximum absolute atomic E-state index is 6.17. The maximum atomic E-state index is 6.17. The fourth-order valence-corrected chi connectivity index (χ4v) is 2.79. The molecular weight excluding hydrogens is 338 g/mol. The Kier molecular flexibility index (Phi) is 3.81. The summed E-state index contributed by atoms with van der Waals surface area (Å²) in [6.07, 6.45) is 0. The van der Waals surface area contributed by atoms with Crippen LogP contribution in [0.15, 0.2) is 64.1 Å². The molecule has 2 aromatic carbocycles. The average Bonchev–Trinajstić information content (AvgIpc) is 2.95. The van der Waals surface area contributed by atoms with Crippen LogP contribution in [0.4, 0.5) is 0 Å². The van der Waals surface area contributed by atoms with Gasteiger partial charge in [-0.05, 0) is 29.8 Å². The normalized spacial score (nSPS) is 21.4. The van der Waals surface area contributed by atoms with E-state index >= 15 is 0 Å². The Hall–Kier alpha value is -1.32. The van der Waals surface area contributed by atoms with E-state index in [1.807, 2.05) is 54.6 Å². The van der Waals surface area contributed by atoms with Crippen LogP contribution in [0.3, 0.4) is 0 Å². The molecule has 1 atom stereocenters. The minimum Gasteiger partial charge on any atom is -0.463 e. The number of benzene rings is 2. The van der Waals surface area contributed by atoms with E-state index in [9.17, 15) is 0 Å². The molecule has 0 N–H and O–H groups in total. The molecule has 0 unspecified atom stereocenters. The van der Waals surface area contributed by atoms with Crippen LogP contribution in [0.1, 0.15) is 11.1 Å². The molecule has 0 fully saturated rings. The van der Waals surface area contributed by atoms with Crippen LogP contribution in [0.2, 0.25) is 0 Å². The first-order valence-corrected chi connectivity index (χ1v) is 7.67. The highest BCUT2D eigenvalue weighted by atomic mass is 79.9. The first-order chi connectivity index (χ1) is 9.73. The Balaban J connectivity index is 1.88. The second-order valence-electron chi connectivity index (χ2n) is 4.72. The molecular formula is C16H13BrClNO. The van der Waals surface area contributed by atoms with Gasteiger partial charge in [0.15, 0.2) is 5.60 Å². The van der Waals surface area contributed by atoms with E-state index in [0.29, 0.717) is 18.3 Å². The molecule has 1 heterocycles. The van der Waals surface area contributed by atoms with Gasteiger partial charge in [-0.15, -0.1) is 11.6 Å². The third kappa shape index (κ3) is 2.48. The van der Waals surface area contributed by atoms with Gasteiger partial charge in [-0.1, -0.05) is 46.3 Å². The van der Waals surface area contributed by atoms with Crippen molar-refractivity contribution in [3.05, 3.63) is 70.2 Å². The molecule has 0 saturated heterocycles. The molecule has 0 aliphatic carbocycles. The lowest BCUT2D eigenvalue weighted by Crippen LogP contribution is -2.32. The van der Waals surface area contributed by atoms with Crippen molar-refractivity contribution in [3.63, 3.8) is 0 Å². The molecule has 1 aliphatic heterocycles. The molecule has 0 bridgehead atoms. The zero-order valence-corrected chi connectivity index (χ0v) is 13.1. The number of hydrogen-bond acceptors (Lipinski definition) is 2. The number of ether oxygens (including phenoxy) is 1. The number of rotatable bonds is 3. The van der Waals surface area contributed by atoms with E-state index < -0.39 is 5.60 Å². The second kappa shape index (κ2) is 5.58. The lowest BCUT2D eigenvalue weighted by atomic mass is 9.96. The van der Waals surface area contributed by atoms with Gasteiger partial charge in [-0.2, -0.15) is 0 Å². The number of halogens is 2. The fraction of sp³-hybridized carbons (Fsp3) is 0.188. The lowest BCUT2D eigenvalue weighted by molar-refractivity contribution is 0.112. The van der Waals surface area contributed by atoms with Crippen molar-refractivity contribution in [2.24, 2.45) is 4.99 Å². The SMILES string of the molecule is ClC[C@@]1(c2ccccc2)CN=C(c2ccc(Br)cc2)O1. The monoisotopic (exact) mass is 349 g/mol. The van der Waals surface area contributed by atoms with Gasteiger partial charge in [0.25, 0.3) is 0 Å². The van der Waals surface area contributed by atoms with Gasteiger partial charge in [0.1, 0.15) is 0 Å². The summed E-state index contributed by atoms with van der Waals surface area (Å²) in [6.45, 7) is 0.548. The predicted octanol–water partition coefficient (Wildman–Crippen LogP) is 4.36. The zero-order chi connectivity index (χ0) is 14.0. The molecule has 0 radical (unpaired) electrons. The Morgan fingerprint density at radius 2 is 1.80 bits per heavy atom. The lowest BCUT2D eigenvalue weighted by Gasteiger charge is -2.26. The first-order valence-electron chi connectivity index (χ1n) is 6.34. The van der Waals surface area contributed by atoms with Crippen LogP contribution in [0, 0.1) is 0 Å². The molecule has 0 spiro atoms. The van der Waals surface area contributed by atoms with Gasteiger partial charge in [0.2, 0.25) is 5.90 Å². The van der Waals surface area contributed by atoms with Crippen molar-refractivity contribution in [3.8, 4) is 0 Å². The minimum atomic E-state index is -0.550. The minimum absolute atomic E-state index is 0.376. The second-order valence-corrected chi connectivity index (χ2v) is 5.91. The Morgan fingerprint density at radius 1 is 1.10 bits per heavy atom. The number of nitrogens with zero attached hydrogens (tertiary/aromatic N) is 1.